The summed E-state index contributed by atoms with van der Waals surface area (Å²) in [5, 5.41) is 46.9. The summed E-state index contributed by atoms with van der Waals surface area (Å²) < 4.78 is 0.475. The average molecular weight is 584 g/mol. The van der Waals surface area contributed by atoms with Crippen LogP contribution in [0.5, 0.6) is 11.5 Å². The van der Waals surface area contributed by atoms with Crippen molar-refractivity contribution in [3.8, 4) is 11.5 Å². The molecule has 0 saturated heterocycles. The summed E-state index contributed by atoms with van der Waals surface area (Å²) in [4.78, 5) is 40.7. The van der Waals surface area contributed by atoms with Gasteiger partial charge in [0.2, 0.25) is 5.91 Å². The molecule has 192 valence electrons. The Kier molecular flexibility index (Phi) is 9.13. The molecule has 1 aliphatic heterocycles. The van der Waals surface area contributed by atoms with Gasteiger partial charge in [0.15, 0.2) is 0 Å². The number of halogens is 2. The molecule has 0 fully saturated rings. The van der Waals surface area contributed by atoms with Gasteiger partial charge in [0.05, 0.1) is 36.7 Å². The number of nitrogens with zero attached hydrogens (tertiary/aromatic N) is 1. The van der Waals surface area contributed by atoms with Crippen LogP contribution in [0.25, 0.3) is 0 Å². The van der Waals surface area contributed by atoms with E-state index in [1.54, 1.807) is 0 Å². The number of aromatic hydroxyl groups is 2. The number of β-amino-alcohol motifs (C(OH)–C–C–N with tert-alkyl or cyclic N) is 1. The number of phenols is 2. The zero-order valence-electron chi connectivity index (χ0n) is 18.8. The van der Waals surface area contributed by atoms with Gasteiger partial charge in [-0.05, 0) is 35.9 Å². The lowest BCUT2D eigenvalue weighted by Gasteiger charge is -2.20. The zero-order valence-corrected chi connectivity index (χ0v) is 21.1. The molecule has 0 spiro atoms. The van der Waals surface area contributed by atoms with Crippen LogP contribution in [-0.2, 0) is 16.0 Å². The Morgan fingerprint density at radius 3 is 2.61 bits per heavy atom. The molecule has 36 heavy (non-hydrogen) atoms. The molecule has 2 amide bonds. The van der Waals surface area contributed by atoms with Gasteiger partial charge >= 0.3 is 5.97 Å². The van der Waals surface area contributed by atoms with Crippen LogP contribution < -0.4 is 16.0 Å². The van der Waals surface area contributed by atoms with E-state index in [1.165, 1.54) is 30.3 Å². The quantitative estimate of drug-likeness (QED) is 0.232. The van der Waals surface area contributed by atoms with Gasteiger partial charge in [0, 0.05) is 28.6 Å². The fraction of sp³-hybridized carbons (Fsp3) is 0.304. The molecule has 1 unspecified atom stereocenters. The van der Waals surface area contributed by atoms with E-state index in [0.29, 0.717) is 28.8 Å². The zero-order chi connectivity index (χ0) is 26.4. The number of aliphatic hydroxyl groups excluding tert-OH is 1. The van der Waals surface area contributed by atoms with Crippen LogP contribution in [0.2, 0.25) is 5.02 Å². The number of carbonyl (C=O) groups is 3. The van der Waals surface area contributed by atoms with Gasteiger partial charge < -0.3 is 36.4 Å². The number of amides is 2. The van der Waals surface area contributed by atoms with E-state index in [1.807, 2.05) is 0 Å². The number of hydrogen-bond donors (Lipinski definition) is 7. The first kappa shape index (κ1) is 27.2. The molecule has 11 nitrogen and oxygen atoms in total. The molecule has 3 rings (SSSR count). The number of carbonyl (C=O) groups excluding carboxylic acids is 2. The van der Waals surface area contributed by atoms with E-state index in [4.69, 9.17) is 11.6 Å². The number of benzene rings is 2. The number of aliphatic imine (C=N–C) groups is 1. The molecule has 0 aromatic heterocycles. The smallest absolute Gasteiger partial charge is 0.305 e. The largest absolute Gasteiger partial charge is 0.508 e. The SMILES string of the molecule is O=C(O)C[C@H](NC(=O)CNC(=O)c1cc(O)cc(CC2=NCC(O)CN2)c1)c1cc(Br)cc(Cl)c1O. The number of rotatable bonds is 9. The Labute approximate surface area is 219 Å². The van der Waals surface area contributed by atoms with Gasteiger partial charge in [0.25, 0.3) is 5.91 Å². The van der Waals surface area contributed by atoms with Crippen LogP contribution in [0.1, 0.15) is 33.9 Å². The number of phenolic OH excluding ortho intramolecular Hbond substituents is 2. The van der Waals surface area contributed by atoms with Gasteiger partial charge in [-0.1, -0.05) is 27.5 Å². The average Bonchev–Trinajstić information content (AvgIpc) is 2.80. The lowest BCUT2D eigenvalue weighted by atomic mass is 10.0. The molecule has 1 aliphatic rings. The van der Waals surface area contributed by atoms with Gasteiger partial charge in [-0.15, -0.1) is 0 Å². The van der Waals surface area contributed by atoms with Gasteiger partial charge in [-0.25, -0.2) is 0 Å². The monoisotopic (exact) mass is 582 g/mol. The summed E-state index contributed by atoms with van der Waals surface area (Å²) in [5.41, 5.74) is 0.796. The summed E-state index contributed by atoms with van der Waals surface area (Å²) in [6, 6.07) is 6.00. The maximum absolute atomic E-state index is 12.6. The van der Waals surface area contributed by atoms with E-state index in [9.17, 15) is 34.8 Å². The molecule has 2 atom stereocenters. The van der Waals surface area contributed by atoms with Crippen molar-refractivity contribution in [1.29, 1.82) is 0 Å². The highest BCUT2D eigenvalue weighted by Gasteiger charge is 2.23. The Hall–Kier alpha value is -3.35. The highest BCUT2D eigenvalue weighted by molar-refractivity contribution is 9.10. The number of aliphatic hydroxyl groups is 1. The van der Waals surface area contributed by atoms with Crippen LogP contribution in [0.4, 0.5) is 0 Å². The summed E-state index contributed by atoms with van der Waals surface area (Å²) in [7, 11) is 0. The van der Waals surface area contributed by atoms with Crippen LogP contribution >= 0.6 is 27.5 Å². The summed E-state index contributed by atoms with van der Waals surface area (Å²) in [6.07, 6.45) is -0.799. The van der Waals surface area contributed by atoms with E-state index >= 15 is 0 Å². The summed E-state index contributed by atoms with van der Waals surface area (Å²) in [5.74, 6) is -2.48. The minimum Gasteiger partial charge on any atom is -0.508 e. The second-order valence-corrected chi connectivity index (χ2v) is 9.44. The lowest BCUT2D eigenvalue weighted by Crippen LogP contribution is -2.40. The van der Waals surface area contributed by atoms with Gasteiger partial charge in [0.1, 0.15) is 17.3 Å². The Balaban J connectivity index is 1.66. The predicted molar refractivity (Wildman–Crippen MR) is 134 cm³/mol. The van der Waals surface area contributed by atoms with Gasteiger partial charge in [-0.2, -0.15) is 0 Å². The van der Waals surface area contributed by atoms with Crippen molar-refractivity contribution >= 4 is 51.2 Å². The third kappa shape index (κ3) is 7.57. The van der Waals surface area contributed by atoms with E-state index in [-0.39, 0.29) is 34.2 Å². The molecule has 0 radical (unpaired) electrons. The topological polar surface area (TPSA) is 181 Å². The molecule has 0 saturated carbocycles. The number of carboxylic acid groups (broad SMARTS) is 1. The van der Waals surface area contributed by atoms with Crippen molar-refractivity contribution in [3.63, 3.8) is 0 Å². The first-order chi connectivity index (χ1) is 17.0. The Morgan fingerprint density at radius 1 is 1.19 bits per heavy atom. The number of aliphatic carboxylic acids is 1. The predicted octanol–water partition coefficient (Wildman–Crippen LogP) is 1.48. The second-order valence-electron chi connectivity index (χ2n) is 8.11. The van der Waals surface area contributed by atoms with Crippen molar-refractivity contribution in [2.75, 3.05) is 19.6 Å². The molecule has 13 heteroatoms. The third-order valence-corrected chi connectivity index (χ3v) is 5.95. The van der Waals surface area contributed by atoms with Crippen LogP contribution in [0, 0.1) is 0 Å². The minimum atomic E-state index is -1.22. The fourth-order valence-corrected chi connectivity index (χ4v) is 4.40. The van der Waals surface area contributed by atoms with Crippen molar-refractivity contribution < 1.29 is 34.8 Å². The van der Waals surface area contributed by atoms with Crippen molar-refractivity contribution in [2.45, 2.75) is 25.0 Å². The Morgan fingerprint density at radius 2 is 1.94 bits per heavy atom. The summed E-state index contributed by atoms with van der Waals surface area (Å²) in [6.45, 7) is 0.123. The van der Waals surface area contributed by atoms with Crippen molar-refractivity contribution in [3.05, 3.63) is 56.5 Å². The molecule has 0 aliphatic carbocycles. The number of amidine groups is 1. The molecular formula is C23H24BrClN4O7. The fourth-order valence-electron chi connectivity index (χ4n) is 3.56. The maximum Gasteiger partial charge on any atom is 0.305 e. The molecule has 2 aromatic carbocycles. The van der Waals surface area contributed by atoms with E-state index < -0.39 is 42.9 Å². The Bertz CT molecular complexity index is 1210. The van der Waals surface area contributed by atoms with E-state index in [2.05, 4.69) is 36.9 Å². The molecular weight excluding hydrogens is 560 g/mol. The van der Waals surface area contributed by atoms with Gasteiger partial charge in [-0.3, -0.25) is 19.4 Å². The third-order valence-electron chi connectivity index (χ3n) is 5.20. The number of carboxylic acids is 1. The summed E-state index contributed by atoms with van der Waals surface area (Å²) >= 11 is 9.17. The maximum atomic E-state index is 12.6. The first-order valence-corrected chi connectivity index (χ1v) is 11.9. The van der Waals surface area contributed by atoms with Crippen LogP contribution in [0.3, 0.4) is 0 Å². The molecule has 0 bridgehead atoms. The highest BCUT2D eigenvalue weighted by Crippen LogP contribution is 2.36. The molecule has 1 heterocycles. The lowest BCUT2D eigenvalue weighted by molar-refractivity contribution is -0.137. The van der Waals surface area contributed by atoms with Crippen LogP contribution in [-0.4, -0.2) is 69.8 Å². The highest BCUT2D eigenvalue weighted by atomic mass is 79.9. The van der Waals surface area contributed by atoms with E-state index in [0.717, 1.165) is 0 Å². The molecule has 7 N–H and O–H groups in total. The van der Waals surface area contributed by atoms with Crippen molar-refractivity contribution in [1.82, 2.24) is 16.0 Å². The normalized spacial score (nSPS) is 15.9. The standard InChI is InChI=1S/C23H24BrClN4O7/c24-13-5-16(22(35)17(25)6-13)18(7-21(33)34)29-20(32)10-28-23(36)12-1-11(2-14(30)4-12)3-19-26-8-15(31)9-27-19/h1-2,4-6,15,18,30-31,35H,3,7-10H2,(H,26,27)(H,28,36)(H,29,32)(H,33,34)/t18-/m0/s1. The second kappa shape index (κ2) is 12.1. The first-order valence-electron chi connectivity index (χ1n) is 10.8. The molecule has 2 aromatic rings. The number of hydrogen-bond acceptors (Lipinski definition) is 8. The van der Waals surface area contributed by atoms with Crippen molar-refractivity contribution in [2.24, 2.45) is 4.99 Å². The van der Waals surface area contributed by atoms with Crippen LogP contribution in [0.15, 0.2) is 39.8 Å². The minimum absolute atomic E-state index is 0.0254. The number of nitrogens with one attached hydrogen (secondary N) is 3.